The zero-order chi connectivity index (χ0) is 20.4. The van der Waals surface area contributed by atoms with Crippen LogP contribution >= 0.6 is 0 Å². The molecule has 0 aliphatic heterocycles. The van der Waals surface area contributed by atoms with Crippen LogP contribution in [0.25, 0.3) is 0 Å². The fraction of sp³-hybridized carbons (Fsp3) is 0.520. The van der Waals surface area contributed by atoms with Crippen molar-refractivity contribution in [2.24, 2.45) is 0 Å². The van der Waals surface area contributed by atoms with E-state index >= 15 is 0 Å². The first-order chi connectivity index (χ1) is 13.6. The average Bonchev–Trinajstić information content (AvgIpc) is 2.69. The molecule has 3 heteroatoms. The van der Waals surface area contributed by atoms with E-state index < -0.39 is 19.8 Å². The van der Waals surface area contributed by atoms with Crippen molar-refractivity contribution in [3.8, 4) is 0 Å². The van der Waals surface area contributed by atoms with Gasteiger partial charge in [0.1, 0.15) is 0 Å². The van der Waals surface area contributed by atoms with Gasteiger partial charge in [0, 0.05) is 0 Å². The van der Waals surface area contributed by atoms with E-state index in [0.717, 1.165) is 13.0 Å². The van der Waals surface area contributed by atoms with Crippen LogP contribution in [-0.4, -0.2) is 38.8 Å². The molecule has 28 heavy (non-hydrogen) atoms. The Balaban J connectivity index is 2.33. The van der Waals surface area contributed by atoms with E-state index in [1.54, 1.807) is 3.58 Å². The molecule has 0 saturated heterocycles. The molecule has 0 fully saturated rings. The predicted molar refractivity (Wildman–Crippen MR) is 128 cm³/mol. The standard InChI is InChI=1S/C17H21N2.2C4H9.Sn/c1-4-14-9-5-7-11-16(14)18-17-12-8-6-10-15(17)13-19(2)3;2*1-3-4-2;/h5,7-12,18H,4,13H2,1-3H3;2*1,3-4H2,2H3;. The maximum atomic E-state index is 3.75. The summed E-state index contributed by atoms with van der Waals surface area (Å²) in [6.07, 6.45) is 6.52. The van der Waals surface area contributed by atoms with Crippen LogP contribution < -0.4 is 8.90 Å². The van der Waals surface area contributed by atoms with E-state index in [0.29, 0.717) is 0 Å². The molecule has 0 aliphatic rings. The molecule has 153 valence electrons. The summed E-state index contributed by atoms with van der Waals surface area (Å²) in [5.74, 6) is 0. The van der Waals surface area contributed by atoms with Crippen LogP contribution in [0.5, 0.6) is 0 Å². The van der Waals surface area contributed by atoms with Gasteiger partial charge in [-0.2, -0.15) is 0 Å². The van der Waals surface area contributed by atoms with E-state index in [1.165, 1.54) is 57.1 Å². The van der Waals surface area contributed by atoms with Crippen molar-refractivity contribution in [3.63, 3.8) is 0 Å². The molecule has 0 bridgehead atoms. The third kappa shape index (κ3) is 7.11. The molecular formula is C25H39N2Sn. The average molecular weight is 486 g/mol. The number of rotatable bonds is 12. The number of benzene rings is 2. The summed E-state index contributed by atoms with van der Waals surface area (Å²) >= 11 is -1.52. The van der Waals surface area contributed by atoms with E-state index in [9.17, 15) is 0 Å². The Morgan fingerprint density at radius 2 is 1.46 bits per heavy atom. The third-order valence-electron chi connectivity index (χ3n) is 5.33. The molecule has 0 heterocycles. The van der Waals surface area contributed by atoms with Crippen LogP contribution in [0, 0.1) is 0 Å². The Morgan fingerprint density at radius 1 is 0.821 bits per heavy atom. The van der Waals surface area contributed by atoms with Gasteiger partial charge in [0.05, 0.1) is 0 Å². The van der Waals surface area contributed by atoms with Crippen LogP contribution in [0.4, 0.5) is 11.4 Å². The molecule has 0 saturated carbocycles. The van der Waals surface area contributed by atoms with Gasteiger partial charge in [-0.1, -0.05) is 0 Å². The van der Waals surface area contributed by atoms with Gasteiger partial charge >= 0.3 is 181 Å². The van der Waals surface area contributed by atoms with Crippen molar-refractivity contribution in [2.45, 2.75) is 68.3 Å². The van der Waals surface area contributed by atoms with Gasteiger partial charge in [-0.15, -0.1) is 0 Å². The predicted octanol–water partition coefficient (Wildman–Crippen LogP) is 6.36. The molecule has 2 aromatic carbocycles. The van der Waals surface area contributed by atoms with Crippen LogP contribution in [-0.2, 0) is 13.0 Å². The molecule has 0 spiro atoms. The minimum absolute atomic E-state index is 0.989. The summed E-state index contributed by atoms with van der Waals surface area (Å²) < 4.78 is 4.73. The number of anilines is 2. The summed E-state index contributed by atoms with van der Waals surface area (Å²) in [6.45, 7) is 7.87. The number of nitrogens with one attached hydrogen (secondary N) is 1. The molecule has 0 atom stereocenters. The molecule has 0 aromatic heterocycles. The van der Waals surface area contributed by atoms with Crippen molar-refractivity contribution < 1.29 is 0 Å². The Bertz CT molecular complexity index is 703. The molecule has 1 radical (unpaired) electrons. The van der Waals surface area contributed by atoms with Crippen molar-refractivity contribution in [3.05, 3.63) is 53.6 Å². The van der Waals surface area contributed by atoms with Crippen LogP contribution in [0.3, 0.4) is 0 Å². The van der Waals surface area contributed by atoms with E-state index in [-0.39, 0.29) is 0 Å². The van der Waals surface area contributed by atoms with Gasteiger partial charge in [-0.3, -0.25) is 0 Å². The number of nitrogens with zero attached hydrogens (tertiary/aromatic N) is 1. The Labute approximate surface area is 180 Å². The number of aryl methyl sites for hydroxylation is 1. The van der Waals surface area contributed by atoms with Gasteiger partial charge < -0.3 is 0 Å². The first-order valence-corrected chi connectivity index (χ1v) is 16.5. The molecule has 0 unspecified atom stereocenters. The normalized spacial score (nSPS) is 11.4. The second kappa shape index (κ2) is 12.5. The zero-order valence-corrected chi connectivity index (χ0v) is 21.5. The Kier molecular flexibility index (Phi) is 10.4. The topological polar surface area (TPSA) is 15.3 Å². The summed E-state index contributed by atoms with van der Waals surface area (Å²) in [4.78, 5) is 2.29. The van der Waals surface area contributed by atoms with E-state index in [1.807, 2.05) is 0 Å². The van der Waals surface area contributed by atoms with Gasteiger partial charge in [-0.05, 0) is 0 Å². The number of hydrogen-bond donors (Lipinski definition) is 1. The van der Waals surface area contributed by atoms with E-state index in [2.05, 4.69) is 87.5 Å². The summed E-state index contributed by atoms with van der Waals surface area (Å²) in [6, 6.07) is 16.1. The van der Waals surface area contributed by atoms with Gasteiger partial charge in [0.25, 0.3) is 0 Å². The second-order valence-electron chi connectivity index (χ2n) is 8.06. The quantitative estimate of drug-likeness (QED) is 0.352. The number of hydrogen-bond acceptors (Lipinski definition) is 2. The first-order valence-electron chi connectivity index (χ1n) is 11.1. The molecular weight excluding hydrogens is 447 g/mol. The first kappa shape index (κ1) is 23.3. The van der Waals surface area contributed by atoms with Crippen LogP contribution in [0.1, 0.15) is 57.6 Å². The van der Waals surface area contributed by atoms with Crippen molar-refractivity contribution >= 4 is 34.7 Å². The minimum atomic E-state index is -1.52. The Hall–Kier alpha value is -1.00. The molecule has 1 N–H and O–H groups in total. The third-order valence-corrected chi connectivity index (χ3v) is 14.0. The van der Waals surface area contributed by atoms with Gasteiger partial charge in [0.2, 0.25) is 0 Å². The van der Waals surface area contributed by atoms with Gasteiger partial charge in [-0.25, -0.2) is 0 Å². The number of unbranched alkanes of at least 4 members (excludes halogenated alkanes) is 2. The molecule has 2 aromatic rings. The second-order valence-corrected chi connectivity index (χ2v) is 16.0. The summed E-state index contributed by atoms with van der Waals surface area (Å²) in [7, 11) is 4.34. The van der Waals surface area contributed by atoms with Crippen molar-refractivity contribution in [1.82, 2.24) is 4.90 Å². The van der Waals surface area contributed by atoms with Crippen LogP contribution in [0.15, 0.2) is 42.5 Å². The molecule has 0 aliphatic carbocycles. The summed E-state index contributed by atoms with van der Waals surface area (Å²) in [5, 5.41) is 3.75. The van der Waals surface area contributed by atoms with Crippen LogP contribution in [0.2, 0.25) is 8.87 Å². The summed E-state index contributed by atoms with van der Waals surface area (Å²) in [5.41, 5.74) is 5.34. The molecule has 0 amide bonds. The Morgan fingerprint density at radius 3 is 2.07 bits per heavy atom. The van der Waals surface area contributed by atoms with Crippen molar-refractivity contribution in [2.75, 3.05) is 19.4 Å². The fourth-order valence-electron chi connectivity index (χ4n) is 3.70. The van der Waals surface area contributed by atoms with Crippen molar-refractivity contribution in [1.29, 1.82) is 0 Å². The molecule has 2 nitrogen and oxygen atoms in total. The number of para-hydroxylation sites is 1. The molecule has 2 rings (SSSR count). The fourth-order valence-corrected chi connectivity index (χ4v) is 12.5. The van der Waals surface area contributed by atoms with Gasteiger partial charge in [0.15, 0.2) is 0 Å². The maximum absolute atomic E-state index is 3.75. The zero-order valence-electron chi connectivity index (χ0n) is 18.6. The van der Waals surface area contributed by atoms with E-state index in [4.69, 9.17) is 0 Å². The SMILES string of the molecule is CCC[CH2][Sn]([CH2]CCC)[c]1ccc(Nc2ccccc2CC)c(CN(C)C)c1. The monoisotopic (exact) mass is 487 g/mol.